The lowest BCUT2D eigenvalue weighted by Gasteiger charge is -2.28. The van der Waals surface area contributed by atoms with E-state index in [0.717, 1.165) is 18.3 Å². The van der Waals surface area contributed by atoms with Crippen LogP contribution in [0.5, 0.6) is 0 Å². The van der Waals surface area contributed by atoms with Crippen LogP contribution in [0.3, 0.4) is 0 Å². The Morgan fingerprint density at radius 2 is 2.27 bits per heavy atom. The third-order valence-corrected chi connectivity index (χ3v) is 3.29. The minimum atomic E-state index is 0.394. The topological polar surface area (TPSA) is 20.2 Å². The Morgan fingerprint density at radius 1 is 1.36 bits per heavy atom. The molecule has 0 unspecified atom stereocenters. The summed E-state index contributed by atoms with van der Waals surface area (Å²) in [5.41, 5.74) is 0. The van der Waals surface area contributed by atoms with E-state index >= 15 is 0 Å². The van der Waals surface area contributed by atoms with Gasteiger partial charge >= 0.3 is 0 Å². The van der Waals surface area contributed by atoms with Crippen molar-refractivity contribution < 1.29 is 5.11 Å². The van der Waals surface area contributed by atoms with Crippen molar-refractivity contribution >= 4 is 0 Å². The Bertz CT molecular complexity index is 162. The highest BCUT2D eigenvalue weighted by atomic mass is 16.3. The third kappa shape index (κ3) is 1.22. The van der Waals surface area contributed by atoms with E-state index in [1.807, 2.05) is 0 Å². The van der Waals surface area contributed by atoms with Gasteiger partial charge in [-0.1, -0.05) is 18.6 Å². The monoisotopic (exact) mass is 152 g/mol. The fraction of sp³-hybridized carbons (Fsp3) is 0.800. The quantitative estimate of drug-likeness (QED) is 0.569. The van der Waals surface area contributed by atoms with Crippen LogP contribution in [0.2, 0.25) is 0 Å². The molecule has 1 saturated carbocycles. The van der Waals surface area contributed by atoms with Crippen LogP contribution >= 0.6 is 0 Å². The second-order valence-electron chi connectivity index (χ2n) is 3.87. The summed E-state index contributed by atoms with van der Waals surface area (Å²) in [5.74, 6) is 2.19. The highest BCUT2D eigenvalue weighted by Gasteiger charge is 2.33. The molecule has 0 aromatic carbocycles. The number of rotatable bonds is 1. The van der Waals surface area contributed by atoms with E-state index in [4.69, 9.17) is 5.11 Å². The number of hydrogen-bond donors (Lipinski definition) is 1. The molecule has 0 aromatic rings. The van der Waals surface area contributed by atoms with Crippen molar-refractivity contribution in [3.8, 4) is 0 Å². The molecule has 2 rings (SSSR count). The van der Waals surface area contributed by atoms with Crippen molar-refractivity contribution in [1.82, 2.24) is 0 Å². The average molecular weight is 152 g/mol. The van der Waals surface area contributed by atoms with Gasteiger partial charge in [-0.05, 0) is 37.0 Å². The van der Waals surface area contributed by atoms with Crippen LogP contribution in [0.25, 0.3) is 0 Å². The Labute approximate surface area is 68.1 Å². The fourth-order valence-electron chi connectivity index (χ4n) is 2.65. The first-order chi connectivity index (χ1) is 5.42. The molecule has 0 spiro atoms. The molecule has 3 atom stereocenters. The van der Waals surface area contributed by atoms with E-state index in [1.54, 1.807) is 0 Å². The first-order valence-electron chi connectivity index (χ1n) is 4.69. The van der Waals surface area contributed by atoms with Crippen molar-refractivity contribution in [2.45, 2.75) is 25.7 Å². The number of allylic oxidation sites excluding steroid dienone is 2. The molecule has 2 aliphatic carbocycles. The predicted octanol–water partition coefficient (Wildman–Crippen LogP) is 1.97. The summed E-state index contributed by atoms with van der Waals surface area (Å²) in [5, 5.41) is 9.10. The third-order valence-electron chi connectivity index (χ3n) is 3.29. The van der Waals surface area contributed by atoms with E-state index in [9.17, 15) is 0 Å². The first kappa shape index (κ1) is 7.35. The Balaban J connectivity index is 2.09. The molecule has 0 aromatic heterocycles. The molecule has 1 nitrogen and oxygen atoms in total. The largest absolute Gasteiger partial charge is 0.396 e. The lowest BCUT2D eigenvalue weighted by atomic mass is 9.78. The van der Waals surface area contributed by atoms with Crippen LogP contribution in [0.1, 0.15) is 25.7 Å². The molecule has 1 N–H and O–H groups in total. The predicted molar refractivity (Wildman–Crippen MR) is 45.2 cm³/mol. The van der Waals surface area contributed by atoms with Crippen molar-refractivity contribution in [2.24, 2.45) is 17.8 Å². The van der Waals surface area contributed by atoms with Gasteiger partial charge in [-0.3, -0.25) is 0 Å². The fourth-order valence-corrected chi connectivity index (χ4v) is 2.65. The molecule has 1 heteroatoms. The summed E-state index contributed by atoms with van der Waals surface area (Å²) >= 11 is 0. The van der Waals surface area contributed by atoms with Crippen molar-refractivity contribution in [3.05, 3.63) is 12.2 Å². The number of hydrogen-bond acceptors (Lipinski definition) is 1. The van der Waals surface area contributed by atoms with Crippen LogP contribution in [0.15, 0.2) is 12.2 Å². The van der Waals surface area contributed by atoms with Gasteiger partial charge in [0.15, 0.2) is 0 Å². The SMILES string of the molecule is OC[C@H]1CC=C[C@H]2CCC[C@@H]12. The van der Waals surface area contributed by atoms with E-state index in [-0.39, 0.29) is 0 Å². The second kappa shape index (κ2) is 2.98. The van der Waals surface area contributed by atoms with Gasteiger partial charge in [0, 0.05) is 6.61 Å². The molecule has 0 aliphatic heterocycles. The highest BCUT2D eigenvalue weighted by Crippen LogP contribution is 2.41. The smallest absolute Gasteiger partial charge is 0.0465 e. The zero-order chi connectivity index (χ0) is 7.68. The standard InChI is InChI=1S/C10H16O/c11-7-9-5-1-3-8-4-2-6-10(8)9/h1,3,8-11H,2,4-7H2/t8-,9+,10+/m0/s1. The van der Waals surface area contributed by atoms with Gasteiger partial charge in [0.05, 0.1) is 0 Å². The molecule has 0 heterocycles. The number of fused-ring (bicyclic) bond motifs is 1. The minimum absolute atomic E-state index is 0.394. The lowest BCUT2D eigenvalue weighted by molar-refractivity contribution is 0.156. The molecule has 62 valence electrons. The highest BCUT2D eigenvalue weighted by molar-refractivity contribution is 5.02. The molecule has 2 aliphatic rings. The van der Waals surface area contributed by atoms with E-state index in [2.05, 4.69) is 12.2 Å². The van der Waals surface area contributed by atoms with Crippen LogP contribution in [-0.2, 0) is 0 Å². The average Bonchev–Trinajstić information content (AvgIpc) is 2.50. The maximum Gasteiger partial charge on any atom is 0.0465 e. The van der Waals surface area contributed by atoms with Crippen molar-refractivity contribution in [1.29, 1.82) is 0 Å². The normalized spacial score (nSPS) is 42.5. The van der Waals surface area contributed by atoms with Gasteiger partial charge in [-0.2, -0.15) is 0 Å². The summed E-state index contributed by atoms with van der Waals surface area (Å²) < 4.78 is 0. The van der Waals surface area contributed by atoms with Crippen LogP contribution in [0.4, 0.5) is 0 Å². The molecule has 1 fully saturated rings. The Morgan fingerprint density at radius 3 is 3.09 bits per heavy atom. The van der Waals surface area contributed by atoms with Gasteiger partial charge in [0.2, 0.25) is 0 Å². The Kier molecular flexibility index (Phi) is 1.99. The zero-order valence-corrected chi connectivity index (χ0v) is 6.87. The lowest BCUT2D eigenvalue weighted by Crippen LogP contribution is -2.23. The van der Waals surface area contributed by atoms with Crippen molar-refractivity contribution in [3.63, 3.8) is 0 Å². The summed E-state index contributed by atoms with van der Waals surface area (Å²) in [6.07, 6.45) is 9.81. The molecule has 0 radical (unpaired) electrons. The summed E-state index contributed by atoms with van der Waals surface area (Å²) in [7, 11) is 0. The second-order valence-corrected chi connectivity index (χ2v) is 3.87. The van der Waals surface area contributed by atoms with Gasteiger partial charge in [0.1, 0.15) is 0 Å². The van der Waals surface area contributed by atoms with E-state index < -0.39 is 0 Å². The van der Waals surface area contributed by atoms with Crippen LogP contribution in [0, 0.1) is 17.8 Å². The molecule has 11 heavy (non-hydrogen) atoms. The molecular formula is C10H16O. The molecule has 0 bridgehead atoms. The maximum atomic E-state index is 9.10. The maximum absolute atomic E-state index is 9.10. The van der Waals surface area contributed by atoms with Gasteiger partial charge in [-0.15, -0.1) is 0 Å². The van der Waals surface area contributed by atoms with Gasteiger partial charge in [-0.25, -0.2) is 0 Å². The van der Waals surface area contributed by atoms with Gasteiger partial charge in [0.25, 0.3) is 0 Å². The minimum Gasteiger partial charge on any atom is -0.396 e. The van der Waals surface area contributed by atoms with Crippen LogP contribution in [-0.4, -0.2) is 11.7 Å². The molecule has 0 saturated heterocycles. The first-order valence-corrected chi connectivity index (χ1v) is 4.69. The molecular weight excluding hydrogens is 136 g/mol. The number of aliphatic hydroxyl groups is 1. The summed E-state index contributed by atoms with van der Waals surface area (Å²) in [6, 6.07) is 0. The summed E-state index contributed by atoms with van der Waals surface area (Å²) in [4.78, 5) is 0. The van der Waals surface area contributed by atoms with E-state index in [0.29, 0.717) is 12.5 Å². The zero-order valence-electron chi connectivity index (χ0n) is 6.87. The molecule has 0 amide bonds. The Hall–Kier alpha value is -0.300. The number of aliphatic hydroxyl groups excluding tert-OH is 1. The summed E-state index contributed by atoms with van der Waals surface area (Å²) in [6.45, 7) is 0.394. The van der Waals surface area contributed by atoms with Gasteiger partial charge < -0.3 is 5.11 Å². The van der Waals surface area contributed by atoms with Crippen LogP contribution < -0.4 is 0 Å². The van der Waals surface area contributed by atoms with Crippen molar-refractivity contribution in [2.75, 3.05) is 6.61 Å². The van der Waals surface area contributed by atoms with E-state index in [1.165, 1.54) is 19.3 Å².